The number of ether oxygens (including phenoxy) is 1. The summed E-state index contributed by atoms with van der Waals surface area (Å²) in [7, 11) is 0. The first-order valence-electron chi connectivity index (χ1n) is 7.16. The van der Waals surface area contributed by atoms with Crippen LogP contribution in [0.3, 0.4) is 0 Å². The van der Waals surface area contributed by atoms with Gasteiger partial charge in [0, 0.05) is 0 Å². The van der Waals surface area contributed by atoms with Gasteiger partial charge < -0.3 is 4.74 Å². The van der Waals surface area contributed by atoms with E-state index in [0.29, 0.717) is 11.6 Å². The van der Waals surface area contributed by atoms with Crippen molar-refractivity contribution in [1.82, 2.24) is 9.97 Å². The molecule has 0 amide bonds. The van der Waals surface area contributed by atoms with Crippen LogP contribution < -0.4 is 4.74 Å². The third-order valence-electron chi connectivity index (χ3n) is 5.03. The van der Waals surface area contributed by atoms with Gasteiger partial charge in [-0.2, -0.15) is 10.2 Å². The smallest absolute Gasteiger partial charge is 0.234 e. The minimum Gasteiger partial charge on any atom is -0.470 e. The van der Waals surface area contributed by atoms with Crippen LogP contribution in [-0.2, 0) is 0 Å². The van der Waals surface area contributed by atoms with Crippen molar-refractivity contribution in [3.63, 3.8) is 0 Å². The maximum Gasteiger partial charge on any atom is 0.234 e. The summed E-state index contributed by atoms with van der Waals surface area (Å²) in [6.07, 6.45) is 10.8. The van der Waals surface area contributed by atoms with Crippen molar-refractivity contribution in [3.8, 4) is 11.9 Å². The van der Waals surface area contributed by atoms with E-state index in [2.05, 4.69) is 9.97 Å². The summed E-state index contributed by atoms with van der Waals surface area (Å²) >= 11 is 0. The van der Waals surface area contributed by atoms with Crippen molar-refractivity contribution in [2.75, 3.05) is 0 Å². The molecule has 0 unspecified atom stereocenters. The van der Waals surface area contributed by atoms with Gasteiger partial charge in [-0.1, -0.05) is 0 Å². The van der Waals surface area contributed by atoms with Crippen molar-refractivity contribution >= 4 is 0 Å². The summed E-state index contributed by atoms with van der Waals surface area (Å²) in [5.74, 6) is 3.07. The van der Waals surface area contributed by atoms with Crippen molar-refractivity contribution in [2.24, 2.45) is 17.8 Å². The second-order valence-electron chi connectivity index (χ2n) is 6.56. The molecule has 4 aliphatic carbocycles. The summed E-state index contributed by atoms with van der Waals surface area (Å²) in [6, 6.07) is 2.02. The Morgan fingerprint density at radius 2 is 1.74 bits per heavy atom. The zero-order valence-electron chi connectivity index (χ0n) is 10.9. The molecule has 4 bridgehead atoms. The monoisotopic (exact) mass is 255 g/mol. The molecule has 0 N–H and O–H groups in total. The van der Waals surface area contributed by atoms with E-state index < -0.39 is 0 Å². The molecule has 0 aliphatic heterocycles. The summed E-state index contributed by atoms with van der Waals surface area (Å²) in [6.45, 7) is 0. The fraction of sp³-hybridized carbons (Fsp3) is 0.667. The van der Waals surface area contributed by atoms with Crippen LogP contribution >= 0.6 is 0 Å². The second kappa shape index (κ2) is 3.93. The first-order chi connectivity index (χ1) is 9.25. The van der Waals surface area contributed by atoms with Crippen molar-refractivity contribution in [3.05, 3.63) is 18.1 Å². The van der Waals surface area contributed by atoms with Gasteiger partial charge >= 0.3 is 0 Å². The highest BCUT2D eigenvalue weighted by molar-refractivity contribution is 5.20. The molecule has 0 saturated heterocycles. The van der Waals surface area contributed by atoms with Crippen LogP contribution in [0.5, 0.6) is 5.88 Å². The maximum atomic E-state index is 8.88. The highest BCUT2D eigenvalue weighted by Gasteiger charge is 2.52. The van der Waals surface area contributed by atoms with Gasteiger partial charge in [0.2, 0.25) is 5.88 Å². The van der Waals surface area contributed by atoms with Crippen molar-refractivity contribution in [1.29, 1.82) is 5.26 Å². The number of aromatic nitrogens is 2. The first kappa shape index (κ1) is 11.2. The third kappa shape index (κ3) is 1.88. The summed E-state index contributed by atoms with van der Waals surface area (Å²) < 4.78 is 6.23. The minimum absolute atomic E-state index is 0.0164. The van der Waals surface area contributed by atoms with Crippen LogP contribution in [0.1, 0.15) is 44.2 Å². The molecule has 0 radical (unpaired) electrons. The van der Waals surface area contributed by atoms with Gasteiger partial charge in [0.05, 0.1) is 12.4 Å². The molecular formula is C15H17N3O. The molecule has 4 aliphatic rings. The molecular weight excluding hydrogens is 238 g/mol. The summed E-state index contributed by atoms with van der Waals surface area (Å²) in [5.41, 5.74) is 0.319. The molecule has 4 fully saturated rings. The van der Waals surface area contributed by atoms with E-state index in [1.807, 2.05) is 6.07 Å². The Morgan fingerprint density at radius 1 is 1.11 bits per heavy atom. The van der Waals surface area contributed by atoms with Crippen LogP contribution in [-0.4, -0.2) is 15.6 Å². The molecule has 1 heterocycles. The van der Waals surface area contributed by atoms with Gasteiger partial charge in [-0.15, -0.1) is 0 Å². The van der Waals surface area contributed by atoms with Crippen LogP contribution in [0.2, 0.25) is 0 Å². The number of hydrogen-bond donors (Lipinski definition) is 0. The fourth-order valence-corrected chi connectivity index (χ4v) is 4.83. The average Bonchev–Trinajstić information content (AvgIpc) is 2.36. The zero-order valence-corrected chi connectivity index (χ0v) is 10.9. The Morgan fingerprint density at radius 3 is 2.32 bits per heavy atom. The molecule has 4 saturated carbocycles. The third-order valence-corrected chi connectivity index (χ3v) is 5.03. The van der Waals surface area contributed by atoms with E-state index in [1.54, 1.807) is 6.20 Å². The van der Waals surface area contributed by atoms with E-state index in [-0.39, 0.29) is 5.60 Å². The lowest BCUT2D eigenvalue weighted by molar-refractivity contribution is -0.109. The van der Waals surface area contributed by atoms with E-state index >= 15 is 0 Å². The molecule has 4 nitrogen and oxygen atoms in total. The normalized spacial score (nSPS) is 39.0. The molecule has 1 aromatic rings. The van der Waals surface area contributed by atoms with Gasteiger partial charge in [-0.3, -0.25) is 4.98 Å². The lowest BCUT2D eigenvalue weighted by atomic mass is 9.54. The van der Waals surface area contributed by atoms with Crippen LogP contribution in [0.25, 0.3) is 0 Å². The number of nitriles is 1. The predicted octanol–water partition coefficient (Wildman–Crippen LogP) is 2.70. The van der Waals surface area contributed by atoms with Gasteiger partial charge in [-0.25, -0.2) is 0 Å². The van der Waals surface area contributed by atoms with E-state index in [9.17, 15) is 0 Å². The largest absolute Gasteiger partial charge is 0.470 e. The Balaban J connectivity index is 1.60. The standard InChI is InChI=1S/C15H17N3O/c16-7-13-8-17-9-14(18-13)19-15-4-10-1-11(5-15)3-12(2-10)6-15/h8-12H,1-6H2. The SMILES string of the molecule is N#Cc1cncc(OC23CC4CC(CC(C4)C2)C3)n1. The highest BCUT2D eigenvalue weighted by Crippen LogP contribution is 2.56. The van der Waals surface area contributed by atoms with E-state index in [0.717, 1.165) is 17.8 Å². The van der Waals surface area contributed by atoms with Crippen LogP contribution in [0.15, 0.2) is 12.4 Å². The number of nitrogens with zero attached hydrogens (tertiary/aromatic N) is 3. The quantitative estimate of drug-likeness (QED) is 0.815. The van der Waals surface area contributed by atoms with Gasteiger partial charge in [0.25, 0.3) is 0 Å². The van der Waals surface area contributed by atoms with Crippen LogP contribution in [0.4, 0.5) is 0 Å². The van der Waals surface area contributed by atoms with Gasteiger partial charge in [-0.05, 0) is 56.3 Å². The minimum atomic E-state index is -0.0164. The molecule has 4 heteroatoms. The molecule has 1 aromatic heterocycles. The lowest BCUT2D eigenvalue weighted by Gasteiger charge is -2.55. The molecule has 98 valence electrons. The maximum absolute atomic E-state index is 8.88. The summed E-state index contributed by atoms with van der Waals surface area (Å²) in [4.78, 5) is 8.27. The van der Waals surface area contributed by atoms with E-state index in [4.69, 9.17) is 10.00 Å². The Labute approximate surface area is 112 Å². The Hall–Kier alpha value is -1.63. The van der Waals surface area contributed by atoms with Crippen molar-refractivity contribution in [2.45, 2.75) is 44.1 Å². The van der Waals surface area contributed by atoms with Crippen LogP contribution in [0, 0.1) is 29.1 Å². The van der Waals surface area contributed by atoms with E-state index in [1.165, 1.54) is 44.7 Å². The molecule has 0 atom stereocenters. The molecule has 19 heavy (non-hydrogen) atoms. The number of hydrogen-bond acceptors (Lipinski definition) is 4. The van der Waals surface area contributed by atoms with Crippen molar-refractivity contribution < 1.29 is 4.74 Å². The average molecular weight is 255 g/mol. The number of rotatable bonds is 2. The Bertz CT molecular complexity index is 513. The predicted molar refractivity (Wildman–Crippen MR) is 68.3 cm³/mol. The van der Waals surface area contributed by atoms with Gasteiger partial charge in [0.15, 0.2) is 5.69 Å². The zero-order chi connectivity index (χ0) is 12.9. The molecule has 0 spiro atoms. The second-order valence-corrected chi connectivity index (χ2v) is 6.56. The Kier molecular flexibility index (Phi) is 2.32. The molecule has 0 aromatic carbocycles. The van der Waals surface area contributed by atoms with Gasteiger partial charge in [0.1, 0.15) is 11.7 Å². The lowest BCUT2D eigenvalue weighted by Crippen LogP contribution is -2.53. The summed E-state index contributed by atoms with van der Waals surface area (Å²) in [5, 5.41) is 8.88. The topological polar surface area (TPSA) is 58.8 Å². The first-order valence-corrected chi connectivity index (χ1v) is 7.16. The molecule has 5 rings (SSSR count). The fourth-order valence-electron chi connectivity index (χ4n) is 4.83. The highest BCUT2D eigenvalue weighted by atomic mass is 16.5.